The van der Waals surface area contributed by atoms with Crippen molar-refractivity contribution in [3.05, 3.63) is 29.1 Å². The van der Waals surface area contributed by atoms with Gasteiger partial charge in [0.15, 0.2) is 0 Å². The van der Waals surface area contributed by atoms with E-state index in [0.29, 0.717) is 5.92 Å². The average molecular weight is 176 g/mol. The molecule has 0 amide bonds. The van der Waals surface area contributed by atoms with Gasteiger partial charge in [0.2, 0.25) is 0 Å². The Kier molecular flexibility index (Phi) is 2.08. The molecule has 2 nitrogen and oxygen atoms in total. The molecule has 70 valence electrons. The maximum Gasteiger partial charge on any atom is 0.0589 e. The topological polar surface area (TPSA) is 16.1 Å². The van der Waals surface area contributed by atoms with Crippen LogP contribution in [0.1, 0.15) is 36.6 Å². The van der Waals surface area contributed by atoms with Crippen LogP contribution in [0, 0.1) is 0 Å². The summed E-state index contributed by atoms with van der Waals surface area (Å²) in [5.41, 5.74) is 4.02. The molecule has 0 saturated heterocycles. The highest BCUT2D eigenvalue weighted by molar-refractivity contribution is 5.29. The van der Waals surface area contributed by atoms with E-state index in [-0.39, 0.29) is 0 Å². The molecule has 0 spiro atoms. The Labute approximate surface area is 79.6 Å². The lowest BCUT2D eigenvalue weighted by Crippen LogP contribution is -2.07. The van der Waals surface area contributed by atoms with Gasteiger partial charge in [0.1, 0.15) is 0 Å². The van der Waals surface area contributed by atoms with Crippen molar-refractivity contribution < 1.29 is 0 Å². The van der Waals surface area contributed by atoms with Crippen molar-refractivity contribution in [2.45, 2.75) is 32.9 Å². The maximum atomic E-state index is 4.49. The second-order valence-electron chi connectivity index (χ2n) is 4.20. The Morgan fingerprint density at radius 1 is 1.38 bits per heavy atom. The highest BCUT2D eigenvalue weighted by Gasteiger charge is 2.17. The maximum absolute atomic E-state index is 4.49. The molecule has 0 saturated carbocycles. The molecule has 0 fully saturated rings. The lowest BCUT2D eigenvalue weighted by Gasteiger charge is -2.06. The van der Waals surface area contributed by atoms with E-state index in [0.717, 1.165) is 13.1 Å². The van der Waals surface area contributed by atoms with E-state index in [9.17, 15) is 0 Å². The third-order valence-corrected chi connectivity index (χ3v) is 2.61. The van der Waals surface area contributed by atoms with Crippen LogP contribution >= 0.6 is 0 Å². The van der Waals surface area contributed by atoms with E-state index >= 15 is 0 Å². The van der Waals surface area contributed by atoms with E-state index in [1.807, 2.05) is 6.20 Å². The van der Waals surface area contributed by atoms with Crippen molar-refractivity contribution in [2.24, 2.45) is 0 Å². The smallest absolute Gasteiger partial charge is 0.0589 e. The summed E-state index contributed by atoms with van der Waals surface area (Å²) in [4.78, 5) is 6.78. The van der Waals surface area contributed by atoms with Gasteiger partial charge in [-0.15, -0.1) is 0 Å². The zero-order valence-electron chi connectivity index (χ0n) is 8.54. The van der Waals surface area contributed by atoms with Gasteiger partial charge in [-0.3, -0.25) is 9.88 Å². The van der Waals surface area contributed by atoms with E-state index in [1.54, 1.807) is 0 Å². The molecule has 1 aliphatic rings. The molecule has 0 aliphatic carbocycles. The molecule has 0 aromatic carbocycles. The zero-order valence-corrected chi connectivity index (χ0v) is 8.54. The van der Waals surface area contributed by atoms with Gasteiger partial charge < -0.3 is 0 Å². The predicted molar refractivity (Wildman–Crippen MR) is 53.5 cm³/mol. The van der Waals surface area contributed by atoms with Crippen molar-refractivity contribution in [1.82, 2.24) is 9.88 Å². The summed E-state index contributed by atoms with van der Waals surface area (Å²) in [5.74, 6) is 0.587. The van der Waals surface area contributed by atoms with Crippen LogP contribution < -0.4 is 0 Å². The Bertz CT molecular complexity index is 318. The normalized spacial score (nSPS) is 16.6. The number of aromatic nitrogens is 1. The van der Waals surface area contributed by atoms with Crippen molar-refractivity contribution in [3.8, 4) is 0 Å². The average Bonchev–Trinajstić information content (AvgIpc) is 2.42. The number of hydrogen-bond donors (Lipinski definition) is 0. The molecule has 1 aliphatic heterocycles. The lowest BCUT2D eigenvalue weighted by molar-refractivity contribution is 0.351. The molecule has 0 unspecified atom stereocenters. The summed E-state index contributed by atoms with van der Waals surface area (Å²) < 4.78 is 0. The minimum Gasteiger partial charge on any atom is -0.296 e. The minimum atomic E-state index is 0.587. The second-order valence-corrected chi connectivity index (χ2v) is 4.20. The van der Waals surface area contributed by atoms with Crippen molar-refractivity contribution in [2.75, 3.05) is 7.05 Å². The van der Waals surface area contributed by atoms with Gasteiger partial charge in [-0.05, 0) is 24.1 Å². The highest BCUT2D eigenvalue weighted by Crippen LogP contribution is 2.23. The van der Waals surface area contributed by atoms with Crippen LogP contribution in [0.5, 0.6) is 0 Å². The third-order valence-electron chi connectivity index (χ3n) is 2.61. The van der Waals surface area contributed by atoms with Crippen molar-refractivity contribution in [1.29, 1.82) is 0 Å². The molecule has 1 aromatic heterocycles. The van der Waals surface area contributed by atoms with E-state index in [2.05, 4.69) is 36.8 Å². The highest BCUT2D eigenvalue weighted by atomic mass is 15.1. The molecule has 2 heterocycles. The van der Waals surface area contributed by atoms with Crippen molar-refractivity contribution >= 4 is 0 Å². The van der Waals surface area contributed by atoms with Crippen LogP contribution in [0.4, 0.5) is 0 Å². The predicted octanol–water partition coefficient (Wildman–Crippen LogP) is 2.15. The number of fused-ring (bicyclic) bond motifs is 1. The summed E-state index contributed by atoms with van der Waals surface area (Å²) in [7, 11) is 2.14. The van der Waals surface area contributed by atoms with Gasteiger partial charge in [-0.2, -0.15) is 0 Å². The number of nitrogens with zero attached hydrogens (tertiary/aromatic N) is 2. The quantitative estimate of drug-likeness (QED) is 0.651. The van der Waals surface area contributed by atoms with Crippen LogP contribution in [0.15, 0.2) is 12.3 Å². The fourth-order valence-corrected chi connectivity index (χ4v) is 1.75. The SMILES string of the molecule is CC(C)c1cnc2c(c1)CN(C)C2. The standard InChI is InChI=1S/C11H16N2/c1-8(2)9-4-10-6-13(3)7-11(10)12-5-9/h4-5,8H,6-7H2,1-3H3. The van der Waals surface area contributed by atoms with Gasteiger partial charge in [0.05, 0.1) is 5.69 Å². The Morgan fingerprint density at radius 2 is 2.15 bits per heavy atom. The van der Waals surface area contributed by atoms with Crippen LogP contribution in [0.3, 0.4) is 0 Å². The summed E-state index contributed by atoms with van der Waals surface area (Å²) in [6.45, 7) is 6.49. The fourth-order valence-electron chi connectivity index (χ4n) is 1.75. The molecular weight excluding hydrogens is 160 g/mol. The Balaban J connectivity index is 2.35. The van der Waals surface area contributed by atoms with Gasteiger partial charge >= 0.3 is 0 Å². The first-order chi connectivity index (χ1) is 6.16. The Hall–Kier alpha value is -0.890. The van der Waals surface area contributed by atoms with Crippen LogP contribution in [-0.4, -0.2) is 16.9 Å². The number of pyridine rings is 1. The fraction of sp³-hybridized carbons (Fsp3) is 0.545. The van der Waals surface area contributed by atoms with Gasteiger partial charge in [0.25, 0.3) is 0 Å². The van der Waals surface area contributed by atoms with E-state index in [4.69, 9.17) is 0 Å². The monoisotopic (exact) mass is 176 g/mol. The summed E-state index contributed by atoms with van der Waals surface area (Å²) in [5, 5.41) is 0. The van der Waals surface area contributed by atoms with Gasteiger partial charge in [-0.1, -0.05) is 19.9 Å². The van der Waals surface area contributed by atoms with E-state index in [1.165, 1.54) is 16.8 Å². The summed E-state index contributed by atoms with van der Waals surface area (Å²) >= 11 is 0. The number of hydrogen-bond acceptors (Lipinski definition) is 2. The molecule has 2 heteroatoms. The number of rotatable bonds is 1. The summed E-state index contributed by atoms with van der Waals surface area (Å²) in [6, 6.07) is 2.30. The van der Waals surface area contributed by atoms with Crippen LogP contribution in [0.25, 0.3) is 0 Å². The zero-order chi connectivity index (χ0) is 9.42. The first-order valence-electron chi connectivity index (χ1n) is 4.83. The third kappa shape index (κ3) is 1.59. The molecule has 0 bridgehead atoms. The van der Waals surface area contributed by atoms with Crippen LogP contribution in [-0.2, 0) is 13.1 Å². The first kappa shape index (κ1) is 8.70. The molecule has 2 rings (SSSR count). The molecule has 0 N–H and O–H groups in total. The summed E-state index contributed by atoms with van der Waals surface area (Å²) in [6.07, 6.45) is 2.02. The first-order valence-corrected chi connectivity index (χ1v) is 4.83. The Morgan fingerprint density at radius 3 is 2.85 bits per heavy atom. The lowest BCUT2D eigenvalue weighted by atomic mass is 10.0. The van der Waals surface area contributed by atoms with Crippen LogP contribution in [0.2, 0.25) is 0 Å². The minimum absolute atomic E-state index is 0.587. The van der Waals surface area contributed by atoms with Crippen molar-refractivity contribution in [3.63, 3.8) is 0 Å². The van der Waals surface area contributed by atoms with Gasteiger partial charge in [-0.25, -0.2) is 0 Å². The van der Waals surface area contributed by atoms with Gasteiger partial charge in [0, 0.05) is 19.3 Å². The second kappa shape index (κ2) is 3.11. The molecule has 0 radical (unpaired) electrons. The molecule has 1 aromatic rings. The van der Waals surface area contributed by atoms with E-state index < -0.39 is 0 Å². The molecule has 0 atom stereocenters. The molecule has 13 heavy (non-hydrogen) atoms. The largest absolute Gasteiger partial charge is 0.296 e. The molecular formula is C11H16N2.